The summed E-state index contributed by atoms with van der Waals surface area (Å²) in [6.07, 6.45) is 3.68. The average molecular weight is 279 g/mol. The maximum absolute atomic E-state index is 11.6. The molecule has 0 spiro atoms. The lowest BCUT2D eigenvalue weighted by molar-refractivity contribution is -0.123. The maximum atomic E-state index is 11.6. The van der Waals surface area contributed by atoms with Crippen molar-refractivity contribution in [3.05, 3.63) is 24.0 Å². The van der Waals surface area contributed by atoms with E-state index in [-0.39, 0.29) is 18.6 Å². The number of carbonyl (C=O) groups is 1. The Kier molecular flexibility index (Phi) is 7.65. The van der Waals surface area contributed by atoms with Gasteiger partial charge in [-0.1, -0.05) is 20.3 Å². The highest BCUT2D eigenvalue weighted by Gasteiger charge is 2.07. The third-order valence-electron chi connectivity index (χ3n) is 2.85. The molecular weight excluding hydrogens is 254 g/mol. The van der Waals surface area contributed by atoms with Crippen molar-refractivity contribution < 1.29 is 9.53 Å². The first-order valence-electron chi connectivity index (χ1n) is 7.23. The number of carbonyl (C=O) groups excluding carboxylic acids is 1. The summed E-state index contributed by atoms with van der Waals surface area (Å²) in [5.74, 6) is 0.520. The van der Waals surface area contributed by atoms with Crippen LogP contribution in [0.25, 0.3) is 0 Å². The normalized spacial score (nSPS) is 11.9. The second-order valence-corrected chi connectivity index (χ2v) is 4.81. The van der Waals surface area contributed by atoms with Gasteiger partial charge in [0.2, 0.25) is 0 Å². The van der Waals surface area contributed by atoms with Gasteiger partial charge in [-0.15, -0.1) is 0 Å². The zero-order chi connectivity index (χ0) is 14.8. The summed E-state index contributed by atoms with van der Waals surface area (Å²) in [5, 5.41) is 6.10. The lowest BCUT2D eigenvalue weighted by atomic mass is 10.2. The van der Waals surface area contributed by atoms with Crippen LogP contribution in [0.5, 0.6) is 5.75 Å². The topological polar surface area (TPSA) is 63.2 Å². The largest absolute Gasteiger partial charge is 0.482 e. The van der Waals surface area contributed by atoms with Gasteiger partial charge >= 0.3 is 0 Å². The van der Waals surface area contributed by atoms with Gasteiger partial charge in [-0.3, -0.25) is 9.78 Å². The summed E-state index contributed by atoms with van der Waals surface area (Å²) >= 11 is 0. The molecular formula is C15H25N3O2. The van der Waals surface area contributed by atoms with Crippen LogP contribution in [0.1, 0.15) is 39.3 Å². The Hall–Kier alpha value is -1.62. The smallest absolute Gasteiger partial charge is 0.258 e. The van der Waals surface area contributed by atoms with Gasteiger partial charge in [0.25, 0.3) is 5.91 Å². The van der Waals surface area contributed by atoms with Crippen LogP contribution in [0.4, 0.5) is 0 Å². The number of rotatable bonds is 9. The van der Waals surface area contributed by atoms with Crippen LogP contribution in [-0.2, 0) is 11.3 Å². The van der Waals surface area contributed by atoms with Gasteiger partial charge < -0.3 is 15.4 Å². The molecule has 0 aliphatic rings. The Morgan fingerprint density at radius 2 is 2.20 bits per heavy atom. The van der Waals surface area contributed by atoms with Crippen molar-refractivity contribution in [1.82, 2.24) is 15.6 Å². The number of aromatic nitrogens is 1. The van der Waals surface area contributed by atoms with Gasteiger partial charge in [0.1, 0.15) is 5.75 Å². The second-order valence-electron chi connectivity index (χ2n) is 4.81. The summed E-state index contributed by atoms with van der Waals surface area (Å²) < 4.78 is 5.41. The van der Waals surface area contributed by atoms with Gasteiger partial charge in [-0.05, 0) is 32.0 Å². The van der Waals surface area contributed by atoms with Gasteiger partial charge in [0, 0.05) is 12.6 Å². The molecule has 0 aromatic carbocycles. The van der Waals surface area contributed by atoms with E-state index in [1.54, 1.807) is 6.20 Å². The molecule has 0 radical (unpaired) electrons. The van der Waals surface area contributed by atoms with Gasteiger partial charge in [0.05, 0.1) is 11.9 Å². The molecule has 5 heteroatoms. The van der Waals surface area contributed by atoms with E-state index in [2.05, 4.69) is 29.5 Å². The first kappa shape index (κ1) is 16.4. The van der Waals surface area contributed by atoms with Gasteiger partial charge in [-0.25, -0.2) is 0 Å². The number of nitrogens with one attached hydrogen (secondary N) is 2. The first-order valence-corrected chi connectivity index (χ1v) is 7.23. The molecule has 20 heavy (non-hydrogen) atoms. The predicted molar refractivity (Wildman–Crippen MR) is 79.6 cm³/mol. The minimum absolute atomic E-state index is 0.0301. The van der Waals surface area contributed by atoms with E-state index in [0.29, 0.717) is 5.75 Å². The van der Waals surface area contributed by atoms with E-state index in [1.165, 1.54) is 0 Å². The molecule has 1 aromatic heterocycles. The lowest BCUT2D eigenvalue weighted by Crippen LogP contribution is -2.35. The molecule has 2 N–H and O–H groups in total. The zero-order valence-electron chi connectivity index (χ0n) is 12.6. The number of ether oxygens (including phenoxy) is 1. The molecule has 1 aromatic rings. The van der Waals surface area contributed by atoms with Crippen molar-refractivity contribution in [2.24, 2.45) is 0 Å². The van der Waals surface area contributed by atoms with Crippen molar-refractivity contribution in [2.75, 3.05) is 13.2 Å². The first-order chi connectivity index (χ1) is 9.65. The molecule has 0 aliphatic carbocycles. The number of amides is 1. The number of hydrogen-bond donors (Lipinski definition) is 2. The van der Waals surface area contributed by atoms with E-state index >= 15 is 0 Å². The van der Waals surface area contributed by atoms with Crippen LogP contribution in [0.15, 0.2) is 18.3 Å². The molecule has 1 heterocycles. The number of pyridine rings is 1. The monoisotopic (exact) mass is 279 g/mol. The molecule has 112 valence electrons. The van der Waals surface area contributed by atoms with Crippen molar-refractivity contribution >= 4 is 5.91 Å². The van der Waals surface area contributed by atoms with Crippen molar-refractivity contribution in [1.29, 1.82) is 0 Å². The quantitative estimate of drug-likeness (QED) is 0.724. The van der Waals surface area contributed by atoms with Crippen LogP contribution in [-0.4, -0.2) is 30.1 Å². The van der Waals surface area contributed by atoms with Crippen LogP contribution in [0.3, 0.4) is 0 Å². The number of nitrogens with zero attached hydrogens (tertiary/aromatic N) is 1. The summed E-state index contributed by atoms with van der Waals surface area (Å²) in [4.78, 5) is 15.9. The summed E-state index contributed by atoms with van der Waals surface area (Å²) in [6.45, 7) is 7.83. The minimum Gasteiger partial charge on any atom is -0.482 e. The Balaban J connectivity index is 2.32. The maximum Gasteiger partial charge on any atom is 0.258 e. The van der Waals surface area contributed by atoms with Crippen LogP contribution < -0.4 is 15.4 Å². The third-order valence-corrected chi connectivity index (χ3v) is 2.85. The zero-order valence-corrected chi connectivity index (χ0v) is 12.6. The molecule has 1 unspecified atom stereocenters. The van der Waals surface area contributed by atoms with E-state index in [0.717, 1.165) is 31.6 Å². The standard InChI is InChI=1S/C15H25N3O2/c1-4-6-12(3)18-15(19)11-20-14-8-7-13(17-10-14)9-16-5-2/h7-8,10,12,16H,4-6,9,11H2,1-3H3,(H,18,19). The fourth-order valence-corrected chi connectivity index (χ4v) is 1.82. The Morgan fingerprint density at radius 3 is 2.80 bits per heavy atom. The highest BCUT2D eigenvalue weighted by atomic mass is 16.5. The molecule has 0 aliphatic heterocycles. The molecule has 0 saturated carbocycles. The molecule has 0 fully saturated rings. The Bertz CT molecular complexity index is 393. The summed E-state index contributed by atoms with van der Waals surface area (Å²) in [6, 6.07) is 3.93. The average Bonchev–Trinajstić information content (AvgIpc) is 2.44. The van der Waals surface area contributed by atoms with E-state index in [4.69, 9.17) is 4.74 Å². The molecule has 1 rings (SSSR count). The summed E-state index contributed by atoms with van der Waals surface area (Å²) in [5.41, 5.74) is 0.959. The SMILES string of the molecule is CCCC(C)NC(=O)COc1ccc(CNCC)nc1. The van der Waals surface area contributed by atoms with Crippen LogP contribution in [0.2, 0.25) is 0 Å². The van der Waals surface area contributed by atoms with Crippen LogP contribution >= 0.6 is 0 Å². The fraction of sp³-hybridized carbons (Fsp3) is 0.600. The van der Waals surface area contributed by atoms with Gasteiger partial charge in [-0.2, -0.15) is 0 Å². The van der Waals surface area contributed by atoms with Crippen LogP contribution in [0, 0.1) is 0 Å². The molecule has 1 atom stereocenters. The summed E-state index contributed by atoms with van der Waals surface area (Å²) in [7, 11) is 0. The molecule has 1 amide bonds. The van der Waals surface area contributed by atoms with E-state index in [1.807, 2.05) is 19.1 Å². The highest BCUT2D eigenvalue weighted by Crippen LogP contribution is 2.08. The lowest BCUT2D eigenvalue weighted by Gasteiger charge is -2.13. The predicted octanol–water partition coefficient (Wildman–Crippen LogP) is 1.87. The minimum atomic E-state index is -0.0947. The van der Waals surface area contributed by atoms with E-state index in [9.17, 15) is 4.79 Å². The Labute approximate surface area is 121 Å². The van der Waals surface area contributed by atoms with Gasteiger partial charge in [0.15, 0.2) is 6.61 Å². The van der Waals surface area contributed by atoms with Crippen molar-refractivity contribution in [3.8, 4) is 5.75 Å². The van der Waals surface area contributed by atoms with E-state index < -0.39 is 0 Å². The highest BCUT2D eigenvalue weighted by molar-refractivity contribution is 5.77. The molecule has 0 bridgehead atoms. The molecule has 0 saturated heterocycles. The van der Waals surface area contributed by atoms with Crippen molar-refractivity contribution in [3.63, 3.8) is 0 Å². The third kappa shape index (κ3) is 6.52. The molecule has 5 nitrogen and oxygen atoms in total. The second kappa shape index (κ2) is 9.31. The fourth-order valence-electron chi connectivity index (χ4n) is 1.82. The number of hydrogen-bond acceptors (Lipinski definition) is 4. The Morgan fingerprint density at radius 1 is 1.40 bits per heavy atom. The van der Waals surface area contributed by atoms with Crippen molar-refractivity contribution in [2.45, 2.75) is 46.2 Å².